The van der Waals surface area contributed by atoms with Gasteiger partial charge in [-0.2, -0.15) is 0 Å². The summed E-state index contributed by atoms with van der Waals surface area (Å²) in [6, 6.07) is 0. The van der Waals surface area contributed by atoms with Crippen molar-refractivity contribution < 1.29 is 9.59 Å². The average Bonchev–Trinajstić information content (AvgIpc) is 2.93. The molecule has 0 aliphatic heterocycles. The minimum absolute atomic E-state index is 0.0479. The molecule has 0 saturated carbocycles. The van der Waals surface area contributed by atoms with E-state index in [1.54, 1.807) is 18.5 Å². The van der Waals surface area contributed by atoms with Crippen LogP contribution < -0.4 is 5.32 Å². The van der Waals surface area contributed by atoms with Crippen molar-refractivity contribution in [1.29, 1.82) is 0 Å². The normalized spacial score (nSPS) is 10.6. The van der Waals surface area contributed by atoms with Gasteiger partial charge in [-0.1, -0.05) is 6.92 Å². The summed E-state index contributed by atoms with van der Waals surface area (Å²) in [6.45, 7) is 5.20. The fourth-order valence-electron chi connectivity index (χ4n) is 2.26. The molecule has 2 heterocycles. The van der Waals surface area contributed by atoms with Crippen molar-refractivity contribution in [3.63, 3.8) is 0 Å². The van der Waals surface area contributed by atoms with Crippen LogP contribution in [0.2, 0.25) is 0 Å². The van der Waals surface area contributed by atoms with Crippen molar-refractivity contribution in [2.45, 2.75) is 27.2 Å². The highest BCUT2D eigenvalue weighted by Gasteiger charge is 2.22. The van der Waals surface area contributed by atoms with Gasteiger partial charge in [0.25, 0.3) is 5.91 Å². The second-order valence-corrected chi connectivity index (χ2v) is 4.61. The number of nitrogens with zero attached hydrogens (tertiary/aromatic N) is 3. The molecule has 0 atom stereocenters. The smallest absolute Gasteiger partial charge is 0.274 e. The molecule has 2 rings (SSSR count). The molecule has 106 valence electrons. The Kier molecular flexibility index (Phi) is 3.69. The van der Waals surface area contributed by atoms with Crippen LogP contribution in [0.3, 0.4) is 0 Å². The third kappa shape index (κ3) is 2.34. The van der Waals surface area contributed by atoms with E-state index in [1.165, 1.54) is 13.3 Å². The van der Waals surface area contributed by atoms with Gasteiger partial charge < -0.3 is 9.55 Å². The summed E-state index contributed by atoms with van der Waals surface area (Å²) in [5.41, 5.74) is 2.43. The van der Waals surface area contributed by atoms with Gasteiger partial charge in [0, 0.05) is 18.3 Å². The van der Waals surface area contributed by atoms with Crippen LogP contribution in [-0.4, -0.2) is 31.4 Å². The highest BCUT2D eigenvalue weighted by atomic mass is 16.2. The van der Waals surface area contributed by atoms with Crippen molar-refractivity contribution in [2.24, 2.45) is 7.05 Å². The number of aromatic amines is 1. The van der Waals surface area contributed by atoms with Gasteiger partial charge in [-0.25, -0.2) is 0 Å². The second-order valence-electron chi connectivity index (χ2n) is 4.61. The molecular weight excluding hydrogens is 258 g/mol. The summed E-state index contributed by atoms with van der Waals surface area (Å²) in [7, 11) is 1.73. The fourth-order valence-corrected chi connectivity index (χ4v) is 2.26. The number of rotatable bonds is 4. The molecule has 0 aliphatic carbocycles. The maximum absolute atomic E-state index is 12.3. The number of anilines is 1. The van der Waals surface area contributed by atoms with Gasteiger partial charge in [-0.05, 0) is 25.8 Å². The molecule has 7 nitrogen and oxygen atoms in total. The second kappa shape index (κ2) is 5.28. The molecule has 20 heavy (non-hydrogen) atoms. The molecule has 0 aromatic carbocycles. The van der Waals surface area contributed by atoms with E-state index in [0.29, 0.717) is 29.3 Å². The van der Waals surface area contributed by atoms with Crippen molar-refractivity contribution >= 4 is 17.6 Å². The van der Waals surface area contributed by atoms with Crippen LogP contribution >= 0.6 is 0 Å². The van der Waals surface area contributed by atoms with Gasteiger partial charge in [0.1, 0.15) is 12.0 Å². The number of ketones is 1. The highest BCUT2D eigenvalue weighted by molar-refractivity contribution is 6.07. The molecule has 0 spiro atoms. The molecule has 0 fully saturated rings. The van der Waals surface area contributed by atoms with Gasteiger partial charge in [-0.3, -0.25) is 14.9 Å². The Labute approximate surface area is 116 Å². The van der Waals surface area contributed by atoms with Crippen LogP contribution in [-0.2, 0) is 13.5 Å². The van der Waals surface area contributed by atoms with Gasteiger partial charge in [-0.15, -0.1) is 10.2 Å². The Bertz CT molecular complexity index is 668. The number of H-pyrrole nitrogens is 1. The van der Waals surface area contributed by atoms with E-state index in [1.807, 2.05) is 6.92 Å². The number of carbonyl (C=O) groups excluding carboxylic acids is 2. The lowest BCUT2D eigenvalue weighted by molar-refractivity contribution is 0.101. The van der Waals surface area contributed by atoms with Gasteiger partial charge in [0.15, 0.2) is 5.78 Å². The first-order chi connectivity index (χ1) is 9.45. The SMILES string of the molecule is CCc1c(C(=O)Nc2nncn2C)[nH]c(C)c1C(C)=O. The highest BCUT2D eigenvalue weighted by Crippen LogP contribution is 2.21. The zero-order valence-corrected chi connectivity index (χ0v) is 11.9. The molecule has 2 aromatic heterocycles. The van der Waals surface area contributed by atoms with Crippen LogP contribution in [0.5, 0.6) is 0 Å². The van der Waals surface area contributed by atoms with Crippen LogP contribution in [0.25, 0.3) is 0 Å². The maximum Gasteiger partial charge on any atom is 0.274 e. The zero-order chi connectivity index (χ0) is 14.9. The predicted molar refractivity (Wildman–Crippen MR) is 73.9 cm³/mol. The molecule has 0 aliphatic rings. The third-order valence-electron chi connectivity index (χ3n) is 3.16. The molecule has 2 N–H and O–H groups in total. The van der Waals surface area contributed by atoms with Crippen molar-refractivity contribution in [2.75, 3.05) is 5.32 Å². The number of carbonyl (C=O) groups is 2. The Morgan fingerprint density at radius 2 is 2.15 bits per heavy atom. The third-order valence-corrected chi connectivity index (χ3v) is 3.16. The van der Waals surface area contributed by atoms with Crippen LogP contribution in [0, 0.1) is 6.92 Å². The largest absolute Gasteiger partial charge is 0.354 e. The van der Waals surface area contributed by atoms with Crippen molar-refractivity contribution in [1.82, 2.24) is 19.7 Å². The molecule has 0 saturated heterocycles. The van der Waals surface area contributed by atoms with E-state index in [0.717, 1.165) is 5.56 Å². The summed E-state index contributed by atoms with van der Waals surface area (Å²) in [6.07, 6.45) is 2.10. The van der Waals surface area contributed by atoms with E-state index in [9.17, 15) is 9.59 Å². The lowest BCUT2D eigenvalue weighted by atomic mass is 10.0. The molecule has 1 amide bonds. The summed E-state index contributed by atoms with van der Waals surface area (Å²) >= 11 is 0. The van der Waals surface area contributed by atoms with Crippen LogP contribution in [0.4, 0.5) is 5.95 Å². The summed E-state index contributed by atoms with van der Waals surface area (Å²) < 4.78 is 1.60. The van der Waals surface area contributed by atoms with Gasteiger partial charge in [0.2, 0.25) is 5.95 Å². The minimum atomic E-state index is -0.325. The number of nitrogens with one attached hydrogen (secondary N) is 2. The standard InChI is InChI=1S/C13H17N5O2/c1-5-9-10(8(3)19)7(2)15-11(9)12(20)16-13-17-14-6-18(13)4/h6,15H,5H2,1-4H3,(H,16,17,20). The zero-order valence-electron chi connectivity index (χ0n) is 11.9. The van der Waals surface area contributed by atoms with E-state index >= 15 is 0 Å². The molecular formula is C13H17N5O2. The minimum Gasteiger partial charge on any atom is -0.354 e. The monoisotopic (exact) mass is 275 g/mol. The number of aryl methyl sites for hydroxylation is 2. The maximum atomic E-state index is 12.3. The number of aromatic nitrogens is 4. The summed E-state index contributed by atoms with van der Waals surface area (Å²) in [4.78, 5) is 27.0. The fraction of sp³-hybridized carbons (Fsp3) is 0.385. The Hall–Kier alpha value is -2.44. The molecule has 0 unspecified atom stereocenters. The van der Waals surface area contributed by atoms with Crippen LogP contribution in [0.1, 0.15) is 46.0 Å². The summed E-state index contributed by atoms with van der Waals surface area (Å²) in [5.74, 6) is -0.0180. The van der Waals surface area contributed by atoms with E-state index in [4.69, 9.17) is 0 Å². The van der Waals surface area contributed by atoms with E-state index in [-0.39, 0.29) is 11.7 Å². The summed E-state index contributed by atoms with van der Waals surface area (Å²) in [5, 5.41) is 10.2. The Morgan fingerprint density at radius 1 is 1.45 bits per heavy atom. The molecule has 0 bridgehead atoms. The van der Waals surface area contributed by atoms with Crippen molar-refractivity contribution in [3.05, 3.63) is 28.8 Å². The lowest BCUT2D eigenvalue weighted by Crippen LogP contribution is -2.17. The lowest BCUT2D eigenvalue weighted by Gasteiger charge is -2.05. The number of Topliss-reactive ketones (excluding diaryl/α,β-unsaturated/α-hetero) is 1. The van der Waals surface area contributed by atoms with Gasteiger partial charge in [0.05, 0.1) is 0 Å². The molecule has 7 heteroatoms. The quantitative estimate of drug-likeness (QED) is 0.826. The average molecular weight is 275 g/mol. The van der Waals surface area contributed by atoms with E-state index in [2.05, 4.69) is 20.5 Å². The molecule has 0 radical (unpaired) electrons. The van der Waals surface area contributed by atoms with Gasteiger partial charge >= 0.3 is 0 Å². The number of hydrogen-bond acceptors (Lipinski definition) is 4. The Morgan fingerprint density at radius 3 is 2.65 bits per heavy atom. The predicted octanol–water partition coefficient (Wildman–Crippen LogP) is 1.47. The van der Waals surface area contributed by atoms with Crippen LogP contribution in [0.15, 0.2) is 6.33 Å². The van der Waals surface area contributed by atoms with E-state index < -0.39 is 0 Å². The first-order valence-electron chi connectivity index (χ1n) is 6.33. The number of hydrogen-bond donors (Lipinski definition) is 2. The molecule has 2 aromatic rings. The number of amides is 1. The topological polar surface area (TPSA) is 92.7 Å². The first-order valence-corrected chi connectivity index (χ1v) is 6.33. The van der Waals surface area contributed by atoms with Crippen molar-refractivity contribution in [3.8, 4) is 0 Å². The Balaban J connectivity index is 2.38. The first kappa shape index (κ1) is 14.0.